The van der Waals surface area contributed by atoms with Gasteiger partial charge in [-0.1, -0.05) is 11.6 Å². The summed E-state index contributed by atoms with van der Waals surface area (Å²) in [5.41, 5.74) is 8.18. The molecule has 2 heterocycles. The molecule has 0 bridgehead atoms. The number of nitrogens with two attached hydrogens (primary N) is 1. The van der Waals surface area contributed by atoms with Gasteiger partial charge in [-0.05, 0) is 50.8 Å². The summed E-state index contributed by atoms with van der Waals surface area (Å²) >= 11 is 6.06. The lowest BCUT2D eigenvalue weighted by Crippen LogP contribution is -2.33. The normalized spacial score (nSPS) is 19.4. The molecule has 1 aliphatic carbocycles. The van der Waals surface area contributed by atoms with Gasteiger partial charge < -0.3 is 26.0 Å². The minimum atomic E-state index is 0.184. The third kappa shape index (κ3) is 4.38. The summed E-state index contributed by atoms with van der Waals surface area (Å²) in [6, 6.07) is 5.58. The number of imidazole rings is 1. The minimum Gasteiger partial charge on any atom is -0.508 e. The number of aromatic nitrogens is 4. The number of rotatable bonds is 6. The van der Waals surface area contributed by atoms with Gasteiger partial charge in [-0.25, -0.2) is 4.98 Å². The summed E-state index contributed by atoms with van der Waals surface area (Å²) in [5.74, 6) is 1.38. The number of phenols is 1. The Hall–Kier alpha value is -2.58. The Morgan fingerprint density at radius 2 is 2.03 bits per heavy atom. The van der Waals surface area contributed by atoms with Crippen molar-refractivity contribution in [1.29, 1.82) is 0 Å². The van der Waals surface area contributed by atoms with Gasteiger partial charge >= 0.3 is 0 Å². The van der Waals surface area contributed by atoms with Crippen molar-refractivity contribution >= 4 is 34.5 Å². The van der Waals surface area contributed by atoms with Crippen LogP contribution < -0.4 is 16.4 Å². The number of nitrogens with one attached hydrogen (secondary N) is 2. The highest BCUT2D eigenvalue weighted by Crippen LogP contribution is 2.26. The second-order valence-electron chi connectivity index (χ2n) is 7.48. The molecular weight excluding hydrogens is 390 g/mol. The molecule has 29 heavy (non-hydrogen) atoms. The fraction of sp³-hybridized carbons (Fsp3) is 0.450. The van der Waals surface area contributed by atoms with Crippen molar-refractivity contribution in [1.82, 2.24) is 19.5 Å². The number of phenolic OH excluding ortho intramolecular Hbond substituents is 1. The average Bonchev–Trinajstić information content (AvgIpc) is 3.13. The van der Waals surface area contributed by atoms with Crippen molar-refractivity contribution in [3.8, 4) is 5.75 Å². The number of aromatic hydroxyl groups is 1. The number of hydrogen-bond donors (Lipinski definition) is 4. The first-order valence-electron chi connectivity index (χ1n) is 9.99. The summed E-state index contributed by atoms with van der Waals surface area (Å²) in [6.07, 6.45) is 5.80. The first kappa shape index (κ1) is 19.7. The number of benzene rings is 1. The monoisotopic (exact) mass is 415 g/mol. The molecule has 3 aromatic rings. The van der Waals surface area contributed by atoms with Crippen LogP contribution in [0.5, 0.6) is 5.75 Å². The molecule has 9 heteroatoms. The molecule has 1 aromatic carbocycles. The van der Waals surface area contributed by atoms with Crippen LogP contribution in [-0.4, -0.2) is 36.7 Å². The lowest BCUT2D eigenvalue weighted by Gasteiger charge is -2.26. The molecule has 1 aliphatic rings. The number of anilines is 2. The van der Waals surface area contributed by atoms with Gasteiger partial charge in [0.1, 0.15) is 5.75 Å². The van der Waals surface area contributed by atoms with Crippen LogP contribution in [0.2, 0.25) is 5.02 Å². The second kappa shape index (κ2) is 8.42. The van der Waals surface area contributed by atoms with Crippen molar-refractivity contribution in [2.24, 2.45) is 5.73 Å². The SMILES string of the molecule is CCn1cnc2c(NCc3cc(Cl)ccc3O)nc(NC3CCC(N)CC3)nc21. The Balaban J connectivity index is 1.61. The lowest BCUT2D eigenvalue weighted by molar-refractivity contribution is 0.410. The molecule has 0 radical (unpaired) electrons. The van der Waals surface area contributed by atoms with E-state index in [1.807, 2.05) is 4.57 Å². The molecule has 0 saturated heterocycles. The van der Waals surface area contributed by atoms with Crippen molar-refractivity contribution < 1.29 is 5.11 Å². The quantitative estimate of drug-likeness (QED) is 0.487. The molecule has 1 saturated carbocycles. The molecule has 1 fully saturated rings. The van der Waals surface area contributed by atoms with Gasteiger partial charge in [0.05, 0.1) is 6.33 Å². The van der Waals surface area contributed by atoms with E-state index in [2.05, 4.69) is 27.5 Å². The largest absolute Gasteiger partial charge is 0.508 e. The van der Waals surface area contributed by atoms with E-state index in [1.165, 1.54) is 0 Å². The predicted octanol–water partition coefficient (Wildman–Crippen LogP) is 3.50. The first-order chi connectivity index (χ1) is 14.0. The van der Waals surface area contributed by atoms with Crippen LogP contribution in [0.25, 0.3) is 11.2 Å². The fourth-order valence-corrected chi connectivity index (χ4v) is 3.88. The maximum absolute atomic E-state index is 10.1. The fourth-order valence-electron chi connectivity index (χ4n) is 3.68. The average molecular weight is 416 g/mol. The maximum atomic E-state index is 10.1. The van der Waals surface area contributed by atoms with Crippen LogP contribution in [0.1, 0.15) is 38.2 Å². The van der Waals surface area contributed by atoms with E-state index in [0.29, 0.717) is 46.5 Å². The number of nitrogens with zero attached hydrogens (tertiary/aromatic N) is 4. The van der Waals surface area contributed by atoms with Crippen LogP contribution in [-0.2, 0) is 13.1 Å². The van der Waals surface area contributed by atoms with Gasteiger partial charge in [-0.2, -0.15) is 9.97 Å². The highest BCUT2D eigenvalue weighted by atomic mass is 35.5. The summed E-state index contributed by atoms with van der Waals surface area (Å²) in [6.45, 7) is 3.19. The van der Waals surface area contributed by atoms with Crippen LogP contribution in [0.15, 0.2) is 24.5 Å². The van der Waals surface area contributed by atoms with Crippen LogP contribution in [0.3, 0.4) is 0 Å². The van der Waals surface area contributed by atoms with Gasteiger partial charge in [0.15, 0.2) is 17.0 Å². The third-order valence-corrected chi connectivity index (χ3v) is 5.63. The van der Waals surface area contributed by atoms with E-state index in [4.69, 9.17) is 22.3 Å². The standard InChI is InChI=1S/C20H26ClN7O/c1-2-28-11-24-17-18(23-10-12-9-13(21)3-8-16(12)29)26-20(27-19(17)28)25-15-6-4-14(22)5-7-15/h3,8-9,11,14-15,29H,2,4-7,10,22H2,1H3,(H2,23,25,26,27). The van der Waals surface area contributed by atoms with E-state index < -0.39 is 0 Å². The van der Waals surface area contributed by atoms with Crippen LogP contribution >= 0.6 is 11.6 Å². The molecule has 8 nitrogen and oxygen atoms in total. The number of hydrogen-bond acceptors (Lipinski definition) is 7. The lowest BCUT2D eigenvalue weighted by atomic mass is 9.92. The highest BCUT2D eigenvalue weighted by molar-refractivity contribution is 6.30. The molecule has 0 amide bonds. The Bertz CT molecular complexity index is 998. The molecule has 0 aliphatic heterocycles. The van der Waals surface area contributed by atoms with Gasteiger partial charge in [-0.3, -0.25) is 0 Å². The third-order valence-electron chi connectivity index (χ3n) is 5.40. The summed E-state index contributed by atoms with van der Waals surface area (Å²) in [5, 5.41) is 17.4. The summed E-state index contributed by atoms with van der Waals surface area (Å²) < 4.78 is 1.99. The van der Waals surface area contributed by atoms with Gasteiger partial charge in [0, 0.05) is 35.8 Å². The molecular formula is C20H26ClN7O. The molecule has 5 N–H and O–H groups in total. The molecule has 2 aromatic heterocycles. The van der Waals surface area contributed by atoms with E-state index in [1.54, 1.807) is 24.5 Å². The Morgan fingerprint density at radius 1 is 1.24 bits per heavy atom. The molecule has 154 valence electrons. The van der Waals surface area contributed by atoms with E-state index in [-0.39, 0.29) is 5.75 Å². The van der Waals surface area contributed by atoms with Crippen LogP contribution in [0.4, 0.5) is 11.8 Å². The first-order valence-corrected chi connectivity index (χ1v) is 10.4. The molecule has 0 unspecified atom stereocenters. The molecule has 0 spiro atoms. The van der Waals surface area contributed by atoms with Gasteiger partial charge in [-0.15, -0.1) is 0 Å². The number of halogens is 1. The summed E-state index contributed by atoms with van der Waals surface area (Å²) in [4.78, 5) is 13.9. The highest BCUT2D eigenvalue weighted by Gasteiger charge is 2.20. The minimum absolute atomic E-state index is 0.184. The van der Waals surface area contributed by atoms with Gasteiger partial charge in [0.2, 0.25) is 5.95 Å². The predicted molar refractivity (Wildman–Crippen MR) is 115 cm³/mol. The van der Waals surface area contributed by atoms with Crippen LogP contribution in [0, 0.1) is 0 Å². The zero-order valence-electron chi connectivity index (χ0n) is 16.4. The zero-order valence-corrected chi connectivity index (χ0v) is 17.2. The number of aryl methyl sites for hydroxylation is 1. The molecule has 4 rings (SSSR count). The van der Waals surface area contributed by atoms with E-state index in [9.17, 15) is 5.11 Å². The smallest absolute Gasteiger partial charge is 0.227 e. The van der Waals surface area contributed by atoms with Crippen molar-refractivity contribution in [3.05, 3.63) is 35.1 Å². The maximum Gasteiger partial charge on any atom is 0.227 e. The van der Waals surface area contributed by atoms with Crippen molar-refractivity contribution in [3.63, 3.8) is 0 Å². The van der Waals surface area contributed by atoms with E-state index in [0.717, 1.165) is 37.9 Å². The Kier molecular flexibility index (Phi) is 5.73. The summed E-state index contributed by atoms with van der Waals surface area (Å²) in [7, 11) is 0. The second-order valence-corrected chi connectivity index (χ2v) is 7.92. The van der Waals surface area contributed by atoms with Crippen molar-refractivity contribution in [2.45, 2.75) is 57.8 Å². The Labute approximate surface area is 174 Å². The Morgan fingerprint density at radius 3 is 2.79 bits per heavy atom. The van der Waals surface area contributed by atoms with Gasteiger partial charge in [0.25, 0.3) is 0 Å². The van der Waals surface area contributed by atoms with Crippen molar-refractivity contribution in [2.75, 3.05) is 10.6 Å². The number of fused-ring (bicyclic) bond motifs is 1. The molecule has 0 atom stereocenters. The van der Waals surface area contributed by atoms with E-state index >= 15 is 0 Å². The topological polar surface area (TPSA) is 114 Å². The zero-order chi connectivity index (χ0) is 20.4.